The maximum absolute atomic E-state index is 13.2. The molecule has 0 unspecified atom stereocenters. The number of benzene rings is 3. The van der Waals surface area contributed by atoms with E-state index >= 15 is 0 Å². The zero-order chi connectivity index (χ0) is 23.4. The highest BCUT2D eigenvalue weighted by Gasteiger charge is 2.34. The highest BCUT2D eigenvalue weighted by Crippen LogP contribution is 2.32. The zero-order valence-electron chi connectivity index (χ0n) is 18.8. The molecule has 7 nitrogen and oxygen atoms in total. The molecule has 1 N–H and O–H groups in total. The van der Waals surface area contributed by atoms with E-state index in [1.165, 1.54) is 24.6 Å². The molecular formula is C25H28N2O5S. The van der Waals surface area contributed by atoms with Crippen LogP contribution in [0.4, 0.5) is 0 Å². The number of fused-ring (bicyclic) bond motifs is 1. The molecule has 0 spiro atoms. The van der Waals surface area contributed by atoms with Crippen LogP contribution in [0.1, 0.15) is 18.4 Å². The van der Waals surface area contributed by atoms with Crippen LogP contribution in [0, 0.1) is 5.92 Å². The number of hydrogen-bond acceptors (Lipinski definition) is 5. The maximum Gasteiger partial charge on any atom is 0.246 e. The number of amides is 1. The van der Waals surface area contributed by atoms with Gasteiger partial charge in [0.25, 0.3) is 0 Å². The number of hydrogen-bond donors (Lipinski definition) is 1. The van der Waals surface area contributed by atoms with Crippen molar-refractivity contribution in [2.45, 2.75) is 24.3 Å². The largest absolute Gasteiger partial charge is 0.497 e. The van der Waals surface area contributed by atoms with Crippen molar-refractivity contribution in [3.63, 3.8) is 0 Å². The van der Waals surface area contributed by atoms with Crippen LogP contribution in [-0.4, -0.2) is 45.9 Å². The number of ether oxygens (including phenoxy) is 2. The minimum atomic E-state index is -3.77. The van der Waals surface area contributed by atoms with Crippen molar-refractivity contribution < 1.29 is 22.7 Å². The molecule has 174 valence electrons. The van der Waals surface area contributed by atoms with Gasteiger partial charge in [0.05, 0.1) is 14.2 Å². The maximum atomic E-state index is 13.2. The summed E-state index contributed by atoms with van der Waals surface area (Å²) < 4.78 is 38.3. The molecule has 3 aromatic rings. The van der Waals surface area contributed by atoms with Crippen LogP contribution in [0.15, 0.2) is 65.6 Å². The number of nitrogens with one attached hydrogen (secondary N) is 1. The van der Waals surface area contributed by atoms with E-state index in [1.54, 1.807) is 12.1 Å². The Morgan fingerprint density at radius 1 is 1.00 bits per heavy atom. The van der Waals surface area contributed by atoms with E-state index in [0.29, 0.717) is 25.1 Å². The molecule has 33 heavy (non-hydrogen) atoms. The molecule has 0 aliphatic carbocycles. The topological polar surface area (TPSA) is 84.9 Å². The van der Waals surface area contributed by atoms with Crippen LogP contribution in [0.25, 0.3) is 10.8 Å². The first kappa shape index (κ1) is 23.1. The normalized spacial score (nSPS) is 15.3. The molecule has 0 saturated carbocycles. The van der Waals surface area contributed by atoms with E-state index in [2.05, 4.69) is 5.32 Å². The average molecular weight is 469 g/mol. The van der Waals surface area contributed by atoms with Crippen LogP contribution >= 0.6 is 0 Å². The Hall–Kier alpha value is -3.10. The van der Waals surface area contributed by atoms with E-state index in [9.17, 15) is 13.2 Å². The summed E-state index contributed by atoms with van der Waals surface area (Å²) in [6.45, 7) is 0.990. The third-order valence-corrected chi connectivity index (χ3v) is 8.07. The van der Waals surface area contributed by atoms with Gasteiger partial charge in [-0.05, 0) is 41.3 Å². The first-order valence-corrected chi connectivity index (χ1v) is 12.3. The lowest BCUT2D eigenvalue weighted by Gasteiger charge is -2.31. The molecule has 3 aromatic carbocycles. The summed E-state index contributed by atoms with van der Waals surface area (Å²) in [6, 6.07) is 18.8. The van der Waals surface area contributed by atoms with E-state index in [0.717, 1.165) is 16.3 Å². The van der Waals surface area contributed by atoms with Crippen LogP contribution in [0.3, 0.4) is 0 Å². The number of piperidine rings is 1. The summed E-state index contributed by atoms with van der Waals surface area (Å²) in [7, 11) is -0.845. The third kappa shape index (κ3) is 4.82. The van der Waals surface area contributed by atoms with Gasteiger partial charge < -0.3 is 14.8 Å². The number of sulfonamides is 1. The summed E-state index contributed by atoms with van der Waals surface area (Å²) >= 11 is 0. The van der Waals surface area contributed by atoms with Crippen molar-refractivity contribution >= 4 is 26.7 Å². The van der Waals surface area contributed by atoms with Crippen LogP contribution < -0.4 is 14.8 Å². The smallest absolute Gasteiger partial charge is 0.246 e. The Morgan fingerprint density at radius 3 is 2.45 bits per heavy atom. The van der Waals surface area contributed by atoms with Gasteiger partial charge in [0.2, 0.25) is 15.9 Å². The second-order valence-corrected chi connectivity index (χ2v) is 9.96. The van der Waals surface area contributed by atoms with E-state index in [-0.39, 0.29) is 35.6 Å². The fourth-order valence-electron chi connectivity index (χ4n) is 4.26. The second-order valence-electron chi connectivity index (χ2n) is 8.05. The minimum Gasteiger partial charge on any atom is -0.497 e. The average Bonchev–Trinajstić information content (AvgIpc) is 2.86. The number of rotatable bonds is 7. The van der Waals surface area contributed by atoms with Crippen LogP contribution in [-0.2, 0) is 21.4 Å². The van der Waals surface area contributed by atoms with E-state index in [1.807, 2.05) is 42.5 Å². The first-order chi connectivity index (χ1) is 15.9. The van der Waals surface area contributed by atoms with Gasteiger partial charge in [-0.15, -0.1) is 0 Å². The van der Waals surface area contributed by atoms with Gasteiger partial charge in [-0.25, -0.2) is 8.42 Å². The molecule has 1 aliphatic rings. The molecule has 0 aromatic heterocycles. The third-order valence-electron chi connectivity index (χ3n) is 6.15. The lowest BCUT2D eigenvalue weighted by molar-refractivity contribution is -0.126. The SMILES string of the molecule is COc1ccc(OC)c(S(=O)(=O)N2CCC(C(=O)NCc3cccc4ccccc34)CC2)c1. The Bertz CT molecular complexity index is 1250. The second kappa shape index (κ2) is 9.80. The fraction of sp³-hybridized carbons (Fsp3) is 0.320. The fourth-order valence-corrected chi connectivity index (χ4v) is 5.90. The van der Waals surface area contributed by atoms with Gasteiger partial charge >= 0.3 is 0 Å². The molecule has 1 amide bonds. The molecule has 1 fully saturated rings. The van der Waals surface area contributed by atoms with Crippen molar-refractivity contribution in [1.82, 2.24) is 9.62 Å². The first-order valence-electron chi connectivity index (χ1n) is 10.9. The molecule has 0 radical (unpaired) electrons. The summed E-state index contributed by atoms with van der Waals surface area (Å²) in [5.41, 5.74) is 1.06. The molecule has 1 heterocycles. The molecular weight excluding hydrogens is 440 g/mol. The van der Waals surface area contributed by atoms with Crippen molar-refractivity contribution in [1.29, 1.82) is 0 Å². The number of carbonyl (C=O) groups excluding carboxylic acids is 1. The molecule has 1 saturated heterocycles. The quantitative estimate of drug-likeness (QED) is 0.573. The summed E-state index contributed by atoms with van der Waals surface area (Å²) in [6.07, 6.45) is 0.930. The molecule has 1 aliphatic heterocycles. The summed E-state index contributed by atoms with van der Waals surface area (Å²) in [4.78, 5) is 12.9. The predicted molar refractivity (Wildman–Crippen MR) is 127 cm³/mol. The predicted octanol–water partition coefficient (Wildman–Crippen LogP) is 3.57. The van der Waals surface area contributed by atoms with Crippen molar-refractivity contribution in [3.05, 3.63) is 66.2 Å². The van der Waals surface area contributed by atoms with Gasteiger partial charge in [0.15, 0.2) is 0 Å². The standard InChI is InChI=1S/C25H28N2O5S/c1-31-21-10-11-23(32-2)24(16-21)33(29,30)27-14-12-19(13-15-27)25(28)26-17-20-8-5-7-18-6-3-4-9-22(18)20/h3-11,16,19H,12-15,17H2,1-2H3,(H,26,28). The number of carbonyl (C=O) groups is 1. The van der Waals surface area contributed by atoms with E-state index in [4.69, 9.17) is 9.47 Å². The Labute approximate surface area is 194 Å². The highest BCUT2D eigenvalue weighted by molar-refractivity contribution is 7.89. The Morgan fingerprint density at radius 2 is 1.73 bits per heavy atom. The van der Waals surface area contributed by atoms with Gasteiger partial charge in [0.1, 0.15) is 16.4 Å². The van der Waals surface area contributed by atoms with Crippen molar-refractivity contribution in [2.24, 2.45) is 5.92 Å². The molecule has 8 heteroatoms. The molecule has 0 bridgehead atoms. The van der Waals surface area contributed by atoms with Crippen LogP contribution in [0.5, 0.6) is 11.5 Å². The lowest BCUT2D eigenvalue weighted by Crippen LogP contribution is -2.42. The Kier molecular flexibility index (Phi) is 6.85. The summed E-state index contributed by atoms with van der Waals surface area (Å²) in [5.74, 6) is 0.445. The van der Waals surface area contributed by atoms with Crippen molar-refractivity contribution in [2.75, 3.05) is 27.3 Å². The van der Waals surface area contributed by atoms with E-state index < -0.39 is 10.0 Å². The Balaban J connectivity index is 1.40. The van der Waals surface area contributed by atoms with Gasteiger partial charge in [-0.1, -0.05) is 42.5 Å². The lowest BCUT2D eigenvalue weighted by atomic mass is 9.97. The van der Waals surface area contributed by atoms with Crippen molar-refractivity contribution in [3.8, 4) is 11.5 Å². The highest BCUT2D eigenvalue weighted by atomic mass is 32.2. The summed E-state index contributed by atoms with van der Waals surface area (Å²) in [5, 5.41) is 5.29. The van der Waals surface area contributed by atoms with Gasteiger partial charge in [-0.3, -0.25) is 4.79 Å². The van der Waals surface area contributed by atoms with Gasteiger partial charge in [0, 0.05) is 31.6 Å². The zero-order valence-corrected chi connectivity index (χ0v) is 19.6. The minimum absolute atomic E-state index is 0.0426. The number of methoxy groups -OCH3 is 2. The molecule has 0 atom stereocenters. The van der Waals surface area contributed by atoms with Crippen LogP contribution in [0.2, 0.25) is 0 Å². The van der Waals surface area contributed by atoms with Gasteiger partial charge in [-0.2, -0.15) is 4.31 Å². The monoisotopic (exact) mass is 468 g/mol. The number of nitrogens with zero attached hydrogens (tertiary/aromatic N) is 1. The molecule has 4 rings (SSSR count).